The second kappa shape index (κ2) is 9.83. The van der Waals surface area contributed by atoms with Crippen LogP contribution >= 0.6 is 0 Å². The summed E-state index contributed by atoms with van der Waals surface area (Å²) < 4.78 is 22.6. The lowest BCUT2D eigenvalue weighted by atomic mass is 9.86. The molecule has 1 fully saturated rings. The topological polar surface area (TPSA) is 80.0 Å². The van der Waals surface area contributed by atoms with Crippen LogP contribution < -0.4 is 5.73 Å². The van der Waals surface area contributed by atoms with Gasteiger partial charge in [0.2, 0.25) is 0 Å². The highest BCUT2D eigenvalue weighted by Gasteiger charge is 2.33. The summed E-state index contributed by atoms with van der Waals surface area (Å²) in [6.07, 6.45) is 7.95. The molecule has 6 nitrogen and oxygen atoms in total. The molecule has 150 valence electrons. The van der Waals surface area contributed by atoms with Crippen molar-refractivity contribution in [3.05, 3.63) is 12.2 Å². The van der Waals surface area contributed by atoms with Gasteiger partial charge in [-0.25, -0.2) is 0 Å². The van der Waals surface area contributed by atoms with Crippen LogP contribution in [0.15, 0.2) is 12.2 Å². The summed E-state index contributed by atoms with van der Waals surface area (Å²) in [5.74, 6) is -0.360. The molecule has 0 aromatic rings. The van der Waals surface area contributed by atoms with Gasteiger partial charge in [-0.1, -0.05) is 31.9 Å². The highest BCUT2D eigenvalue weighted by Crippen LogP contribution is 2.28. The van der Waals surface area contributed by atoms with Crippen LogP contribution in [0.4, 0.5) is 0 Å². The van der Waals surface area contributed by atoms with Crippen LogP contribution in [-0.2, 0) is 23.7 Å². The van der Waals surface area contributed by atoms with Crippen molar-refractivity contribution in [2.24, 2.45) is 17.1 Å². The molecule has 2 aliphatic rings. The van der Waals surface area contributed by atoms with Crippen molar-refractivity contribution in [3.63, 3.8) is 0 Å². The first-order valence-corrected chi connectivity index (χ1v) is 9.72. The maximum absolute atomic E-state index is 11.9. The molecular formula is C20H35NO5. The van der Waals surface area contributed by atoms with Crippen LogP contribution in [0.1, 0.15) is 46.5 Å². The molecule has 1 aliphatic heterocycles. The molecule has 0 aromatic heterocycles. The molecule has 1 aliphatic carbocycles. The van der Waals surface area contributed by atoms with Crippen molar-refractivity contribution in [1.29, 1.82) is 0 Å². The van der Waals surface area contributed by atoms with Gasteiger partial charge in [-0.15, -0.1) is 0 Å². The SMILES string of the molecule is COC(=O)[C@@H]1CCCCC1OC[C@@H](N)[C@@H](C)OCC1(C)C=CC(C)OC1. The lowest BCUT2D eigenvalue weighted by Crippen LogP contribution is -2.44. The van der Waals surface area contributed by atoms with Gasteiger partial charge in [-0.05, 0) is 26.7 Å². The number of carbonyl (C=O) groups is 1. The van der Waals surface area contributed by atoms with Crippen molar-refractivity contribution in [1.82, 2.24) is 0 Å². The lowest BCUT2D eigenvalue weighted by Gasteiger charge is -2.34. The van der Waals surface area contributed by atoms with Crippen LogP contribution in [0.3, 0.4) is 0 Å². The van der Waals surface area contributed by atoms with Gasteiger partial charge < -0.3 is 24.7 Å². The smallest absolute Gasteiger partial charge is 0.311 e. The molecule has 6 atom stereocenters. The van der Waals surface area contributed by atoms with E-state index in [1.807, 2.05) is 13.8 Å². The molecule has 26 heavy (non-hydrogen) atoms. The number of rotatable bonds is 8. The Morgan fingerprint density at radius 3 is 2.77 bits per heavy atom. The van der Waals surface area contributed by atoms with Crippen molar-refractivity contribution in [2.75, 3.05) is 26.9 Å². The van der Waals surface area contributed by atoms with E-state index in [0.29, 0.717) is 19.8 Å². The molecule has 1 saturated carbocycles. The maximum Gasteiger partial charge on any atom is 0.311 e. The fraction of sp³-hybridized carbons (Fsp3) is 0.850. The van der Waals surface area contributed by atoms with Gasteiger partial charge in [-0.3, -0.25) is 4.79 Å². The first kappa shape index (κ1) is 21.4. The first-order chi connectivity index (χ1) is 12.3. The number of carbonyl (C=O) groups excluding carboxylic acids is 1. The quantitative estimate of drug-likeness (QED) is 0.523. The van der Waals surface area contributed by atoms with Gasteiger partial charge in [-0.2, -0.15) is 0 Å². The third-order valence-corrected chi connectivity index (χ3v) is 5.43. The predicted octanol–water partition coefficient (Wildman–Crippen LogP) is 2.45. The summed E-state index contributed by atoms with van der Waals surface area (Å²) >= 11 is 0. The lowest BCUT2D eigenvalue weighted by molar-refractivity contribution is -0.154. The minimum Gasteiger partial charge on any atom is -0.469 e. The predicted molar refractivity (Wildman–Crippen MR) is 99.8 cm³/mol. The molecule has 2 N–H and O–H groups in total. The van der Waals surface area contributed by atoms with Crippen LogP contribution in [-0.4, -0.2) is 57.3 Å². The highest BCUT2D eigenvalue weighted by atomic mass is 16.5. The van der Waals surface area contributed by atoms with Gasteiger partial charge in [0.1, 0.15) is 0 Å². The highest BCUT2D eigenvalue weighted by molar-refractivity contribution is 5.73. The van der Waals surface area contributed by atoms with Crippen molar-refractivity contribution in [3.8, 4) is 0 Å². The van der Waals surface area contributed by atoms with Gasteiger partial charge in [0.25, 0.3) is 0 Å². The van der Waals surface area contributed by atoms with E-state index >= 15 is 0 Å². The number of ether oxygens (including phenoxy) is 4. The average molecular weight is 370 g/mol. The standard InChI is InChI=1S/C20H35NO5/c1-14-9-10-20(3,12-25-14)13-26-15(2)17(21)11-24-18-8-6-5-7-16(18)19(22)23-4/h9-10,14-18H,5-8,11-13,21H2,1-4H3/t14?,15-,16-,17-,18?,20?/m1/s1. The summed E-state index contributed by atoms with van der Waals surface area (Å²) in [6, 6.07) is -0.244. The molecule has 0 saturated heterocycles. The number of esters is 1. The van der Waals surface area contributed by atoms with Crippen LogP contribution in [0, 0.1) is 11.3 Å². The maximum atomic E-state index is 11.9. The Morgan fingerprint density at radius 2 is 2.12 bits per heavy atom. The Bertz CT molecular complexity index is 483. The van der Waals surface area contributed by atoms with Gasteiger partial charge in [0.05, 0.1) is 57.2 Å². The summed E-state index contributed by atoms with van der Waals surface area (Å²) in [5, 5.41) is 0. The van der Waals surface area contributed by atoms with Crippen LogP contribution in [0.2, 0.25) is 0 Å². The average Bonchev–Trinajstić information content (AvgIpc) is 2.66. The van der Waals surface area contributed by atoms with Gasteiger partial charge >= 0.3 is 5.97 Å². The zero-order chi connectivity index (χ0) is 19.2. The van der Waals surface area contributed by atoms with E-state index in [1.165, 1.54) is 7.11 Å². The molecule has 0 bridgehead atoms. The molecule has 0 spiro atoms. The zero-order valence-electron chi connectivity index (χ0n) is 16.6. The fourth-order valence-corrected chi connectivity index (χ4v) is 3.42. The van der Waals surface area contributed by atoms with E-state index in [0.717, 1.165) is 25.7 Å². The molecule has 0 aromatic carbocycles. The van der Waals surface area contributed by atoms with E-state index in [9.17, 15) is 4.79 Å². The summed E-state index contributed by atoms with van der Waals surface area (Å²) in [4.78, 5) is 11.9. The molecule has 6 heteroatoms. The summed E-state index contributed by atoms with van der Waals surface area (Å²) in [7, 11) is 1.43. The monoisotopic (exact) mass is 369 g/mol. The Morgan fingerprint density at radius 1 is 1.38 bits per heavy atom. The fourth-order valence-electron chi connectivity index (χ4n) is 3.42. The molecule has 3 unspecified atom stereocenters. The Hall–Kier alpha value is -0.950. The number of methoxy groups -OCH3 is 1. The molecule has 0 amide bonds. The second-order valence-electron chi connectivity index (χ2n) is 8.00. The first-order valence-electron chi connectivity index (χ1n) is 9.72. The number of hydrogen-bond acceptors (Lipinski definition) is 6. The molecule has 0 radical (unpaired) electrons. The molecule has 2 rings (SSSR count). The number of nitrogens with two attached hydrogens (primary N) is 1. The van der Waals surface area contributed by atoms with Crippen LogP contribution in [0.25, 0.3) is 0 Å². The van der Waals surface area contributed by atoms with E-state index in [4.69, 9.17) is 24.7 Å². The minimum absolute atomic E-state index is 0.108. The summed E-state index contributed by atoms with van der Waals surface area (Å²) in [5.41, 5.74) is 6.13. The van der Waals surface area contributed by atoms with Crippen molar-refractivity contribution < 1.29 is 23.7 Å². The van der Waals surface area contributed by atoms with E-state index < -0.39 is 0 Å². The van der Waals surface area contributed by atoms with Gasteiger partial charge in [0.15, 0.2) is 0 Å². The number of hydrogen-bond donors (Lipinski definition) is 1. The Balaban J connectivity index is 1.76. The minimum atomic E-state index is -0.244. The van der Waals surface area contributed by atoms with Crippen LogP contribution in [0.5, 0.6) is 0 Å². The summed E-state index contributed by atoms with van der Waals surface area (Å²) in [6.45, 7) is 7.68. The second-order valence-corrected chi connectivity index (χ2v) is 8.00. The third kappa shape index (κ3) is 6.05. The Kier molecular flexibility index (Phi) is 8.07. The van der Waals surface area contributed by atoms with Crippen molar-refractivity contribution in [2.45, 2.75) is 70.8 Å². The molecular weight excluding hydrogens is 334 g/mol. The van der Waals surface area contributed by atoms with Crippen molar-refractivity contribution >= 4 is 5.97 Å². The Labute approximate surface area is 157 Å². The normalized spacial score (nSPS) is 34.3. The van der Waals surface area contributed by atoms with E-state index in [1.54, 1.807) is 0 Å². The molecule has 1 heterocycles. The van der Waals surface area contributed by atoms with Gasteiger partial charge in [0, 0.05) is 5.41 Å². The van der Waals surface area contributed by atoms with E-state index in [-0.39, 0.29) is 41.7 Å². The third-order valence-electron chi connectivity index (χ3n) is 5.43. The largest absolute Gasteiger partial charge is 0.469 e. The van der Waals surface area contributed by atoms with E-state index in [2.05, 4.69) is 19.1 Å². The zero-order valence-corrected chi connectivity index (χ0v) is 16.6.